The molecule has 5 heteroatoms. The van der Waals surface area contributed by atoms with E-state index in [1.54, 1.807) is 12.4 Å². The van der Waals surface area contributed by atoms with Crippen molar-refractivity contribution in [2.24, 2.45) is 0 Å². The normalized spacial score (nSPS) is 18.9. The highest BCUT2D eigenvalue weighted by Crippen LogP contribution is 2.42. The van der Waals surface area contributed by atoms with Crippen LogP contribution < -0.4 is 5.32 Å². The molecule has 148 valence electrons. The lowest BCUT2D eigenvalue weighted by molar-refractivity contribution is -0.139. The molecule has 1 aliphatic heterocycles. The van der Waals surface area contributed by atoms with E-state index in [4.69, 9.17) is 4.74 Å². The number of rotatable bonds is 5. The smallest absolute Gasteiger partial charge is 0.336 e. The van der Waals surface area contributed by atoms with Crippen LogP contribution in [-0.2, 0) is 20.7 Å². The van der Waals surface area contributed by atoms with Crippen LogP contribution in [0.1, 0.15) is 43.2 Å². The Morgan fingerprint density at radius 1 is 1.17 bits per heavy atom. The van der Waals surface area contributed by atoms with Crippen LogP contribution in [0.25, 0.3) is 0 Å². The lowest BCUT2D eigenvalue weighted by atomic mass is 9.75. The second kappa shape index (κ2) is 8.43. The number of Topliss-reactive ketones (excluding diaryl/α,β-unsaturated/α-hetero) is 1. The number of pyridine rings is 1. The van der Waals surface area contributed by atoms with Crippen LogP contribution in [0.2, 0.25) is 0 Å². The first kappa shape index (κ1) is 19.1. The average Bonchev–Trinajstić information content (AvgIpc) is 2.74. The Bertz CT molecular complexity index is 978. The minimum Gasteiger partial charge on any atom is -0.462 e. The second-order valence-electron chi connectivity index (χ2n) is 7.42. The first-order valence-electron chi connectivity index (χ1n) is 10.00. The lowest BCUT2D eigenvalue weighted by Gasteiger charge is -2.34. The van der Waals surface area contributed by atoms with E-state index in [2.05, 4.69) is 10.3 Å². The van der Waals surface area contributed by atoms with Crippen molar-refractivity contribution >= 4 is 11.8 Å². The van der Waals surface area contributed by atoms with E-state index in [1.165, 1.54) is 0 Å². The summed E-state index contributed by atoms with van der Waals surface area (Å²) >= 11 is 0. The number of benzene rings is 1. The van der Waals surface area contributed by atoms with Gasteiger partial charge in [0, 0.05) is 48.1 Å². The fourth-order valence-corrected chi connectivity index (χ4v) is 4.12. The Morgan fingerprint density at radius 2 is 2.00 bits per heavy atom. The maximum atomic E-state index is 13.1. The van der Waals surface area contributed by atoms with Crippen molar-refractivity contribution in [3.63, 3.8) is 0 Å². The van der Waals surface area contributed by atoms with Gasteiger partial charge in [0.15, 0.2) is 5.78 Å². The van der Waals surface area contributed by atoms with Crippen molar-refractivity contribution in [3.05, 3.63) is 88.5 Å². The van der Waals surface area contributed by atoms with Crippen molar-refractivity contribution in [1.82, 2.24) is 10.3 Å². The summed E-state index contributed by atoms with van der Waals surface area (Å²) in [6, 6.07) is 13.7. The third kappa shape index (κ3) is 3.99. The van der Waals surface area contributed by atoms with Gasteiger partial charge in [0.05, 0.1) is 12.2 Å². The maximum Gasteiger partial charge on any atom is 0.336 e. The van der Waals surface area contributed by atoms with E-state index >= 15 is 0 Å². The molecule has 0 fully saturated rings. The largest absolute Gasteiger partial charge is 0.462 e. The molecule has 1 aromatic heterocycles. The zero-order valence-corrected chi connectivity index (χ0v) is 16.5. The van der Waals surface area contributed by atoms with Gasteiger partial charge in [-0.3, -0.25) is 9.78 Å². The predicted octanol–water partition coefficient (Wildman–Crippen LogP) is 3.84. The van der Waals surface area contributed by atoms with E-state index in [-0.39, 0.29) is 11.8 Å². The van der Waals surface area contributed by atoms with Crippen LogP contribution in [0.3, 0.4) is 0 Å². The standard InChI is InChI=1S/C24H24N2O3/c1-16-21(24(28)29-14-12-17-7-3-2-4-8-17)22(18-9-6-13-25-15-18)23-19(26-16)10-5-11-20(23)27/h2-4,6-9,13,15,22,26H,5,10-12,14H2,1H3. The summed E-state index contributed by atoms with van der Waals surface area (Å²) in [5, 5.41) is 3.30. The summed E-state index contributed by atoms with van der Waals surface area (Å²) < 4.78 is 5.63. The van der Waals surface area contributed by atoms with E-state index in [0.717, 1.165) is 35.4 Å². The molecule has 0 saturated carbocycles. The molecule has 1 unspecified atom stereocenters. The molecule has 0 spiro atoms. The minimum absolute atomic E-state index is 0.0923. The first-order chi connectivity index (χ1) is 14.1. The minimum atomic E-state index is -0.433. The monoisotopic (exact) mass is 388 g/mol. The van der Waals surface area contributed by atoms with Crippen LogP contribution in [0.4, 0.5) is 0 Å². The van der Waals surface area contributed by atoms with Gasteiger partial charge in [0.1, 0.15) is 0 Å². The summed E-state index contributed by atoms with van der Waals surface area (Å²) in [5.74, 6) is -0.726. The fraction of sp³-hybridized carbons (Fsp3) is 0.292. The number of hydrogen-bond acceptors (Lipinski definition) is 5. The highest BCUT2D eigenvalue weighted by atomic mass is 16.5. The molecule has 1 aromatic carbocycles. The molecule has 0 amide bonds. The van der Waals surface area contributed by atoms with E-state index in [0.29, 0.717) is 30.6 Å². The van der Waals surface area contributed by atoms with Crippen LogP contribution >= 0.6 is 0 Å². The molecule has 2 heterocycles. The molecular weight excluding hydrogens is 364 g/mol. The van der Waals surface area contributed by atoms with Crippen LogP contribution in [-0.4, -0.2) is 23.3 Å². The molecular formula is C24H24N2O3. The van der Waals surface area contributed by atoms with Gasteiger partial charge >= 0.3 is 5.97 Å². The number of nitrogens with one attached hydrogen (secondary N) is 1. The molecule has 1 atom stereocenters. The van der Waals surface area contributed by atoms with Crippen molar-refractivity contribution in [2.45, 2.75) is 38.5 Å². The molecule has 29 heavy (non-hydrogen) atoms. The Balaban J connectivity index is 1.61. The van der Waals surface area contributed by atoms with Crippen molar-refractivity contribution in [2.75, 3.05) is 6.61 Å². The van der Waals surface area contributed by atoms with Gasteiger partial charge in [-0.25, -0.2) is 4.79 Å². The molecule has 1 aliphatic carbocycles. The molecule has 0 saturated heterocycles. The number of dihydropyridines is 1. The SMILES string of the molecule is CC1=C(C(=O)OCCc2ccccc2)C(c2cccnc2)C2=C(CCCC2=O)N1. The molecule has 4 rings (SSSR count). The number of nitrogens with zero attached hydrogens (tertiary/aromatic N) is 1. The number of allylic oxidation sites excluding steroid dienone is 3. The number of ketones is 1. The predicted molar refractivity (Wildman–Crippen MR) is 110 cm³/mol. The summed E-state index contributed by atoms with van der Waals surface area (Å²) in [7, 11) is 0. The lowest BCUT2D eigenvalue weighted by Crippen LogP contribution is -2.34. The summed E-state index contributed by atoms with van der Waals surface area (Å²) in [4.78, 5) is 30.1. The third-order valence-corrected chi connectivity index (χ3v) is 5.48. The zero-order valence-electron chi connectivity index (χ0n) is 16.5. The third-order valence-electron chi connectivity index (χ3n) is 5.48. The van der Waals surface area contributed by atoms with Gasteiger partial charge < -0.3 is 10.1 Å². The van der Waals surface area contributed by atoms with Gasteiger partial charge in [-0.05, 0) is 37.0 Å². The van der Waals surface area contributed by atoms with Gasteiger partial charge in [-0.2, -0.15) is 0 Å². The van der Waals surface area contributed by atoms with Crippen molar-refractivity contribution in [3.8, 4) is 0 Å². The quantitative estimate of drug-likeness (QED) is 0.789. The Kier molecular flexibility index (Phi) is 5.56. The maximum absolute atomic E-state index is 13.1. The van der Waals surface area contributed by atoms with Crippen molar-refractivity contribution in [1.29, 1.82) is 0 Å². The van der Waals surface area contributed by atoms with Crippen LogP contribution in [0, 0.1) is 0 Å². The van der Waals surface area contributed by atoms with Gasteiger partial charge in [-0.15, -0.1) is 0 Å². The topological polar surface area (TPSA) is 68.3 Å². The summed E-state index contributed by atoms with van der Waals surface area (Å²) in [6.07, 6.45) is 6.22. The van der Waals surface area contributed by atoms with Crippen molar-refractivity contribution < 1.29 is 14.3 Å². The number of esters is 1. The molecule has 2 aliphatic rings. The highest BCUT2D eigenvalue weighted by Gasteiger charge is 2.39. The molecule has 0 bridgehead atoms. The second-order valence-corrected chi connectivity index (χ2v) is 7.42. The summed E-state index contributed by atoms with van der Waals surface area (Å²) in [5.41, 5.74) is 4.81. The molecule has 2 aromatic rings. The van der Waals surface area contributed by atoms with Gasteiger partial charge in [-0.1, -0.05) is 36.4 Å². The number of hydrogen-bond donors (Lipinski definition) is 1. The highest BCUT2D eigenvalue weighted by molar-refractivity contribution is 6.03. The number of carbonyl (C=O) groups is 2. The van der Waals surface area contributed by atoms with E-state index in [9.17, 15) is 9.59 Å². The number of aromatic nitrogens is 1. The summed E-state index contributed by atoms with van der Waals surface area (Å²) in [6.45, 7) is 2.17. The van der Waals surface area contributed by atoms with Crippen LogP contribution in [0.5, 0.6) is 0 Å². The molecule has 1 N–H and O–H groups in total. The van der Waals surface area contributed by atoms with Gasteiger partial charge in [0.25, 0.3) is 0 Å². The number of ether oxygens (including phenoxy) is 1. The molecule has 0 radical (unpaired) electrons. The average molecular weight is 388 g/mol. The van der Waals surface area contributed by atoms with Crippen LogP contribution in [0.15, 0.2) is 77.4 Å². The fourth-order valence-electron chi connectivity index (χ4n) is 4.12. The Morgan fingerprint density at radius 3 is 2.76 bits per heavy atom. The number of carbonyl (C=O) groups excluding carboxylic acids is 2. The van der Waals surface area contributed by atoms with E-state index < -0.39 is 5.92 Å². The Labute approximate surface area is 170 Å². The molecule has 5 nitrogen and oxygen atoms in total. The zero-order chi connectivity index (χ0) is 20.2. The first-order valence-corrected chi connectivity index (χ1v) is 10.00. The van der Waals surface area contributed by atoms with Gasteiger partial charge in [0.2, 0.25) is 0 Å². The van der Waals surface area contributed by atoms with E-state index in [1.807, 2.05) is 49.4 Å². The Hall–Kier alpha value is -3.21.